The molecular weight excluding hydrogens is 426 g/mol. The van der Waals surface area contributed by atoms with Gasteiger partial charge in [-0.15, -0.1) is 5.10 Å². The van der Waals surface area contributed by atoms with Crippen molar-refractivity contribution in [1.82, 2.24) is 29.5 Å². The van der Waals surface area contributed by atoms with Gasteiger partial charge in [0.15, 0.2) is 5.82 Å². The molecule has 0 bridgehead atoms. The fourth-order valence-electron chi connectivity index (χ4n) is 4.25. The van der Waals surface area contributed by atoms with Gasteiger partial charge in [-0.25, -0.2) is 4.98 Å². The summed E-state index contributed by atoms with van der Waals surface area (Å²) in [6, 6.07) is 13.4. The predicted molar refractivity (Wildman–Crippen MR) is 132 cm³/mol. The lowest BCUT2D eigenvalue weighted by atomic mass is 9.98. The average molecular weight is 456 g/mol. The van der Waals surface area contributed by atoms with Gasteiger partial charge in [-0.1, -0.05) is 20.3 Å². The number of carbonyl (C=O) groups is 1. The van der Waals surface area contributed by atoms with Gasteiger partial charge >= 0.3 is 0 Å². The third-order valence-electron chi connectivity index (χ3n) is 6.27. The summed E-state index contributed by atoms with van der Waals surface area (Å²) in [6.45, 7) is 6.04. The highest BCUT2D eigenvalue weighted by Crippen LogP contribution is 2.23. The van der Waals surface area contributed by atoms with E-state index in [-0.39, 0.29) is 5.91 Å². The molecule has 1 N–H and O–H groups in total. The first-order chi connectivity index (χ1) is 16.6. The second kappa shape index (κ2) is 9.59. The monoisotopic (exact) mass is 455 g/mol. The summed E-state index contributed by atoms with van der Waals surface area (Å²) in [7, 11) is 0. The van der Waals surface area contributed by atoms with E-state index in [2.05, 4.69) is 39.2 Å². The molecule has 1 amide bonds. The van der Waals surface area contributed by atoms with Gasteiger partial charge in [-0.05, 0) is 61.6 Å². The summed E-state index contributed by atoms with van der Waals surface area (Å²) in [4.78, 5) is 28.3. The number of likely N-dealkylation sites (tertiary alicyclic amines) is 1. The van der Waals surface area contributed by atoms with E-state index in [9.17, 15) is 4.79 Å². The number of piperidine rings is 1. The topological polar surface area (TPSA) is 88.3 Å². The Hall–Kier alpha value is -3.81. The largest absolute Gasteiger partial charge is 0.340 e. The van der Waals surface area contributed by atoms with Crippen LogP contribution in [0.4, 0.5) is 11.5 Å². The van der Waals surface area contributed by atoms with Crippen molar-refractivity contribution in [2.45, 2.75) is 39.5 Å². The molecule has 5 rings (SSSR count). The molecular formula is C26H29N7O. The maximum absolute atomic E-state index is 12.9. The van der Waals surface area contributed by atoms with Crippen molar-refractivity contribution in [3.63, 3.8) is 0 Å². The number of carbonyl (C=O) groups excluding carboxylic acids is 1. The van der Waals surface area contributed by atoms with E-state index >= 15 is 0 Å². The Morgan fingerprint density at radius 3 is 2.62 bits per heavy atom. The number of fused-ring (bicyclic) bond motifs is 1. The van der Waals surface area contributed by atoms with Gasteiger partial charge in [0.25, 0.3) is 11.7 Å². The number of benzene rings is 1. The summed E-state index contributed by atoms with van der Waals surface area (Å²) in [6.07, 6.45) is 7.45. The molecule has 0 saturated carbocycles. The normalized spacial score (nSPS) is 14.5. The van der Waals surface area contributed by atoms with Crippen molar-refractivity contribution in [3.05, 3.63) is 66.1 Å². The summed E-state index contributed by atoms with van der Waals surface area (Å²) in [5.74, 6) is 2.70. The molecule has 0 unspecified atom stereocenters. The Bertz CT molecular complexity index is 1280. The minimum atomic E-state index is 0.104. The Morgan fingerprint density at radius 1 is 1.12 bits per heavy atom. The minimum absolute atomic E-state index is 0.104. The molecule has 0 radical (unpaired) electrons. The van der Waals surface area contributed by atoms with Crippen molar-refractivity contribution in [3.8, 4) is 11.4 Å². The first-order valence-electron chi connectivity index (χ1n) is 11.9. The number of rotatable bonds is 6. The van der Waals surface area contributed by atoms with Crippen LogP contribution in [0.1, 0.15) is 49.2 Å². The average Bonchev–Trinajstić information content (AvgIpc) is 3.30. The van der Waals surface area contributed by atoms with Crippen LogP contribution in [0.5, 0.6) is 0 Å². The second-order valence-electron chi connectivity index (χ2n) is 8.95. The summed E-state index contributed by atoms with van der Waals surface area (Å²) in [5, 5.41) is 8.12. The van der Waals surface area contributed by atoms with Gasteiger partial charge in [0, 0.05) is 54.1 Å². The van der Waals surface area contributed by atoms with Crippen LogP contribution in [0, 0.1) is 5.92 Å². The van der Waals surface area contributed by atoms with Crippen molar-refractivity contribution in [2.75, 3.05) is 18.4 Å². The smallest absolute Gasteiger partial charge is 0.254 e. The van der Waals surface area contributed by atoms with E-state index < -0.39 is 0 Å². The molecule has 0 atom stereocenters. The Balaban J connectivity index is 1.41. The molecule has 1 aliphatic rings. The lowest BCUT2D eigenvalue weighted by Gasteiger charge is -2.30. The van der Waals surface area contributed by atoms with Gasteiger partial charge in [-0.2, -0.15) is 9.50 Å². The van der Waals surface area contributed by atoms with Crippen molar-refractivity contribution in [2.24, 2.45) is 5.92 Å². The number of hydrogen-bond donors (Lipinski definition) is 1. The molecule has 4 heterocycles. The van der Waals surface area contributed by atoms with Crippen molar-refractivity contribution < 1.29 is 4.79 Å². The first kappa shape index (κ1) is 22.0. The molecule has 8 nitrogen and oxygen atoms in total. The Labute approximate surface area is 199 Å². The van der Waals surface area contributed by atoms with E-state index in [1.165, 1.54) is 0 Å². The third kappa shape index (κ3) is 4.62. The molecule has 1 fully saturated rings. The highest BCUT2D eigenvalue weighted by atomic mass is 16.2. The molecule has 34 heavy (non-hydrogen) atoms. The summed E-state index contributed by atoms with van der Waals surface area (Å²) >= 11 is 0. The fourth-order valence-corrected chi connectivity index (χ4v) is 4.25. The number of pyridine rings is 1. The lowest BCUT2D eigenvalue weighted by Crippen LogP contribution is -2.37. The van der Waals surface area contributed by atoms with Crippen LogP contribution in [0.15, 0.2) is 54.9 Å². The maximum Gasteiger partial charge on any atom is 0.254 e. The molecule has 174 valence electrons. The van der Waals surface area contributed by atoms with Gasteiger partial charge < -0.3 is 10.2 Å². The Kier molecular flexibility index (Phi) is 6.20. The maximum atomic E-state index is 12.9. The van der Waals surface area contributed by atoms with Crippen LogP contribution in [0.25, 0.3) is 17.2 Å². The number of aryl methyl sites for hydroxylation is 1. The van der Waals surface area contributed by atoms with E-state index in [1.807, 2.05) is 47.4 Å². The van der Waals surface area contributed by atoms with Gasteiger partial charge in [0.1, 0.15) is 5.82 Å². The molecule has 0 spiro atoms. The quantitative estimate of drug-likeness (QED) is 0.451. The summed E-state index contributed by atoms with van der Waals surface area (Å²) in [5.41, 5.74) is 3.38. The summed E-state index contributed by atoms with van der Waals surface area (Å²) < 4.78 is 1.72. The predicted octanol–water partition coefficient (Wildman–Crippen LogP) is 4.75. The number of hydrogen-bond acceptors (Lipinski definition) is 6. The minimum Gasteiger partial charge on any atom is -0.340 e. The standard InChI is InChI=1S/C26H29N7O/c1-3-5-22-16-23(33-26(29-22)30-24(31-33)20-6-4-13-27-17-20)28-21-9-7-19(8-10-21)25(34)32-14-11-18(2)12-15-32/h4,6-10,13,16-18,28H,3,5,11-12,14-15H2,1-2H3. The van der Waals surface area contributed by atoms with Crippen LogP contribution in [-0.4, -0.2) is 48.5 Å². The molecule has 1 aromatic carbocycles. The van der Waals surface area contributed by atoms with E-state index in [1.54, 1.807) is 16.9 Å². The molecule has 0 aliphatic carbocycles. The highest BCUT2D eigenvalue weighted by molar-refractivity contribution is 5.94. The van der Waals surface area contributed by atoms with Crippen molar-refractivity contribution >= 4 is 23.2 Å². The molecule has 1 saturated heterocycles. The van der Waals surface area contributed by atoms with E-state index in [4.69, 9.17) is 0 Å². The number of nitrogens with zero attached hydrogens (tertiary/aromatic N) is 6. The third-order valence-corrected chi connectivity index (χ3v) is 6.27. The van der Waals surface area contributed by atoms with Crippen molar-refractivity contribution in [1.29, 1.82) is 0 Å². The first-order valence-corrected chi connectivity index (χ1v) is 11.9. The molecule has 1 aliphatic heterocycles. The zero-order chi connectivity index (χ0) is 23.5. The van der Waals surface area contributed by atoms with Gasteiger partial charge in [0.2, 0.25) is 0 Å². The van der Waals surface area contributed by atoms with Crippen LogP contribution < -0.4 is 5.32 Å². The lowest BCUT2D eigenvalue weighted by molar-refractivity contribution is 0.0697. The van der Waals surface area contributed by atoms with Gasteiger partial charge in [-0.3, -0.25) is 9.78 Å². The van der Waals surface area contributed by atoms with Gasteiger partial charge in [0.05, 0.1) is 0 Å². The van der Waals surface area contributed by atoms with Crippen LogP contribution in [0.3, 0.4) is 0 Å². The van der Waals surface area contributed by atoms with Crippen LogP contribution in [-0.2, 0) is 6.42 Å². The zero-order valence-corrected chi connectivity index (χ0v) is 19.6. The Morgan fingerprint density at radius 2 is 1.91 bits per heavy atom. The van der Waals surface area contributed by atoms with Crippen LogP contribution >= 0.6 is 0 Å². The number of nitrogens with one attached hydrogen (secondary N) is 1. The highest BCUT2D eigenvalue weighted by Gasteiger charge is 2.21. The zero-order valence-electron chi connectivity index (χ0n) is 19.6. The SMILES string of the molecule is CCCc1cc(Nc2ccc(C(=O)N3CCC(C)CC3)cc2)n2nc(-c3cccnc3)nc2n1. The van der Waals surface area contributed by atoms with Crippen LogP contribution in [0.2, 0.25) is 0 Å². The fraction of sp³-hybridized carbons (Fsp3) is 0.346. The number of anilines is 2. The number of aromatic nitrogens is 5. The van der Waals surface area contributed by atoms with E-state index in [0.29, 0.717) is 23.1 Å². The number of amides is 1. The molecule has 8 heteroatoms. The second-order valence-corrected chi connectivity index (χ2v) is 8.95. The molecule has 3 aromatic heterocycles. The van der Waals surface area contributed by atoms with E-state index in [0.717, 1.165) is 61.5 Å². The molecule has 4 aromatic rings.